The number of benzene rings is 2. The Bertz CT molecular complexity index is 1270. The summed E-state index contributed by atoms with van der Waals surface area (Å²) >= 11 is 0. The minimum atomic E-state index is 0.508. The molecular weight excluding hydrogens is 404 g/mol. The largest absolute Gasteiger partial charge is 0.497 e. The highest BCUT2D eigenvalue weighted by molar-refractivity contribution is 5.68. The second kappa shape index (κ2) is 7.65. The molecule has 4 aromatic rings. The third-order valence-corrected chi connectivity index (χ3v) is 5.96. The summed E-state index contributed by atoms with van der Waals surface area (Å²) in [4.78, 5) is 11.9. The summed E-state index contributed by atoms with van der Waals surface area (Å²) in [5.74, 6) is 2.38. The molecule has 0 bridgehead atoms. The average Bonchev–Trinajstić information content (AvgIpc) is 3.59. The molecule has 0 fully saturated rings. The van der Waals surface area contributed by atoms with Gasteiger partial charge in [-0.2, -0.15) is 10.1 Å². The summed E-state index contributed by atoms with van der Waals surface area (Å²) in [5.41, 5.74) is 7.61. The highest BCUT2D eigenvalue weighted by atomic mass is 16.5. The summed E-state index contributed by atoms with van der Waals surface area (Å²) in [5, 5.41) is 10.3. The number of rotatable bonds is 5. The fraction of sp³-hybridized carbons (Fsp3) is 0.208. The van der Waals surface area contributed by atoms with Gasteiger partial charge in [-0.05, 0) is 41.0 Å². The fourth-order valence-electron chi connectivity index (χ4n) is 4.21. The van der Waals surface area contributed by atoms with Crippen LogP contribution in [0.5, 0.6) is 5.75 Å². The molecule has 0 radical (unpaired) electrons. The number of nitrogens with zero attached hydrogens (tertiary/aromatic N) is 4. The number of aromatic amines is 1. The highest BCUT2D eigenvalue weighted by Crippen LogP contribution is 2.33. The van der Waals surface area contributed by atoms with Gasteiger partial charge < -0.3 is 19.7 Å². The number of ether oxygens (including phenoxy) is 2. The van der Waals surface area contributed by atoms with Crippen molar-refractivity contribution in [3.8, 4) is 16.9 Å². The minimum Gasteiger partial charge on any atom is -0.497 e. The van der Waals surface area contributed by atoms with Gasteiger partial charge in [0.1, 0.15) is 11.6 Å². The number of H-pyrrole nitrogens is 1. The maximum atomic E-state index is 5.68. The number of anilines is 3. The van der Waals surface area contributed by atoms with Crippen molar-refractivity contribution < 1.29 is 9.47 Å². The molecule has 6 rings (SSSR count). The second-order valence-electron chi connectivity index (χ2n) is 7.97. The van der Waals surface area contributed by atoms with Gasteiger partial charge in [-0.15, -0.1) is 0 Å². The Morgan fingerprint density at radius 3 is 2.69 bits per heavy atom. The molecule has 8 nitrogen and oxygen atoms in total. The van der Waals surface area contributed by atoms with Crippen LogP contribution in [-0.2, 0) is 31.0 Å². The van der Waals surface area contributed by atoms with Crippen LogP contribution in [0.25, 0.3) is 11.1 Å². The van der Waals surface area contributed by atoms with Crippen molar-refractivity contribution in [1.82, 2.24) is 20.2 Å². The van der Waals surface area contributed by atoms with E-state index in [0.29, 0.717) is 19.2 Å². The molecule has 0 amide bonds. The number of methoxy groups -OCH3 is 1. The van der Waals surface area contributed by atoms with E-state index in [1.54, 1.807) is 7.11 Å². The van der Waals surface area contributed by atoms with Gasteiger partial charge in [0.2, 0.25) is 5.95 Å². The van der Waals surface area contributed by atoms with Gasteiger partial charge in [0, 0.05) is 36.1 Å². The van der Waals surface area contributed by atoms with Crippen molar-refractivity contribution >= 4 is 17.5 Å². The first-order valence-electron chi connectivity index (χ1n) is 10.5. The molecule has 0 unspecified atom stereocenters. The number of aromatic nitrogens is 4. The van der Waals surface area contributed by atoms with E-state index in [1.165, 1.54) is 11.1 Å². The van der Waals surface area contributed by atoms with E-state index >= 15 is 0 Å². The molecule has 2 aromatic carbocycles. The zero-order valence-electron chi connectivity index (χ0n) is 17.6. The Morgan fingerprint density at radius 2 is 1.88 bits per heavy atom. The van der Waals surface area contributed by atoms with Crippen LogP contribution in [0.4, 0.5) is 17.5 Å². The topological polar surface area (TPSA) is 88.2 Å². The first-order valence-corrected chi connectivity index (χ1v) is 10.5. The van der Waals surface area contributed by atoms with Crippen LogP contribution >= 0.6 is 0 Å². The summed E-state index contributed by atoms with van der Waals surface area (Å²) in [6, 6.07) is 14.4. The molecule has 0 saturated heterocycles. The van der Waals surface area contributed by atoms with Gasteiger partial charge >= 0.3 is 0 Å². The van der Waals surface area contributed by atoms with Gasteiger partial charge in [-0.1, -0.05) is 18.2 Å². The third kappa shape index (κ3) is 3.34. The van der Waals surface area contributed by atoms with Gasteiger partial charge in [0.15, 0.2) is 0 Å². The molecule has 0 spiro atoms. The van der Waals surface area contributed by atoms with Crippen molar-refractivity contribution in [2.75, 3.05) is 17.3 Å². The van der Waals surface area contributed by atoms with Crippen LogP contribution in [0.3, 0.4) is 0 Å². The van der Waals surface area contributed by atoms with Crippen molar-refractivity contribution in [1.29, 1.82) is 0 Å². The zero-order chi connectivity index (χ0) is 21.5. The summed E-state index contributed by atoms with van der Waals surface area (Å²) in [7, 11) is 1.69. The minimum absolute atomic E-state index is 0.508. The second-order valence-corrected chi connectivity index (χ2v) is 7.97. The quantitative estimate of drug-likeness (QED) is 0.495. The van der Waals surface area contributed by atoms with Gasteiger partial charge in [0.25, 0.3) is 0 Å². The van der Waals surface area contributed by atoms with E-state index in [0.717, 1.165) is 52.7 Å². The highest BCUT2D eigenvalue weighted by Gasteiger charge is 2.26. The maximum Gasteiger partial charge on any atom is 0.228 e. The number of hydrogen-bond acceptors (Lipinski definition) is 7. The van der Waals surface area contributed by atoms with Gasteiger partial charge in [-0.25, -0.2) is 4.98 Å². The van der Waals surface area contributed by atoms with Crippen LogP contribution in [0.15, 0.2) is 54.9 Å². The van der Waals surface area contributed by atoms with E-state index in [2.05, 4.69) is 44.7 Å². The lowest BCUT2D eigenvalue weighted by Gasteiger charge is -2.18. The molecule has 0 aliphatic carbocycles. The van der Waals surface area contributed by atoms with E-state index < -0.39 is 0 Å². The predicted molar refractivity (Wildman–Crippen MR) is 121 cm³/mol. The Balaban J connectivity index is 1.28. The number of hydrogen-bond donors (Lipinski definition) is 2. The molecular formula is C24H22N6O2. The van der Waals surface area contributed by atoms with Crippen LogP contribution < -0.4 is 15.0 Å². The predicted octanol–water partition coefficient (Wildman–Crippen LogP) is 4.17. The zero-order valence-corrected chi connectivity index (χ0v) is 17.6. The number of nitrogens with one attached hydrogen (secondary N) is 2. The van der Waals surface area contributed by atoms with Crippen molar-refractivity contribution in [2.24, 2.45) is 0 Å². The molecule has 2 aliphatic heterocycles. The van der Waals surface area contributed by atoms with Crippen molar-refractivity contribution in [3.63, 3.8) is 0 Å². The molecule has 0 atom stereocenters. The molecule has 4 heterocycles. The Kier molecular flexibility index (Phi) is 4.50. The lowest BCUT2D eigenvalue weighted by Crippen LogP contribution is -2.19. The molecule has 160 valence electrons. The monoisotopic (exact) mass is 426 g/mol. The van der Waals surface area contributed by atoms with Gasteiger partial charge in [0.05, 0.1) is 32.2 Å². The van der Waals surface area contributed by atoms with Gasteiger partial charge in [-0.3, -0.25) is 5.10 Å². The van der Waals surface area contributed by atoms with Crippen LogP contribution in [-0.4, -0.2) is 27.3 Å². The van der Waals surface area contributed by atoms with E-state index in [4.69, 9.17) is 19.4 Å². The average molecular weight is 426 g/mol. The van der Waals surface area contributed by atoms with Crippen molar-refractivity contribution in [2.45, 2.75) is 26.3 Å². The third-order valence-electron chi connectivity index (χ3n) is 5.96. The maximum absolute atomic E-state index is 5.68. The SMILES string of the molecule is COc1ccc2c(c1)CN(c1nc3c(c(Nc4ccc(-c5cn[nH]c5)cc4)n1)COC3)C2. The lowest BCUT2D eigenvalue weighted by molar-refractivity contribution is 0.133. The lowest BCUT2D eigenvalue weighted by atomic mass is 10.1. The summed E-state index contributed by atoms with van der Waals surface area (Å²) < 4.78 is 11.1. The molecule has 0 saturated carbocycles. The normalized spacial score (nSPS) is 14.3. The van der Waals surface area contributed by atoms with Crippen molar-refractivity contribution in [3.05, 3.63) is 77.2 Å². The molecule has 8 heteroatoms. The summed E-state index contributed by atoms with van der Waals surface area (Å²) in [6.07, 6.45) is 3.69. The summed E-state index contributed by atoms with van der Waals surface area (Å²) in [6.45, 7) is 2.55. The fourth-order valence-corrected chi connectivity index (χ4v) is 4.21. The van der Waals surface area contributed by atoms with E-state index in [-0.39, 0.29) is 0 Å². The molecule has 2 aromatic heterocycles. The number of fused-ring (bicyclic) bond motifs is 2. The first kappa shape index (κ1) is 18.8. The Morgan fingerprint density at radius 1 is 1.00 bits per heavy atom. The molecule has 2 aliphatic rings. The first-order chi connectivity index (χ1) is 15.8. The Labute approximate surface area is 185 Å². The van der Waals surface area contributed by atoms with Crippen LogP contribution in [0.2, 0.25) is 0 Å². The van der Waals surface area contributed by atoms with E-state index in [1.807, 2.05) is 30.6 Å². The molecule has 32 heavy (non-hydrogen) atoms. The smallest absolute Gasteiger partial charge is 0.228 e. The Hall–Kier alpha value is -3.91. The van der Waals surface area contributed by atoms with E-state index in [9.17, 15) is 0 Å². The van der Waals surface area contributed by atoms with Crippen LogP contribution in [0.1, 0.15) is 22.4 Å². The standard InChI is InChI=1S/C24H22N6O2/c1-31-20-7-4-16-11-30(12-17(16)8-20)24-28-22-14-32-13-21(22)23(29-24)27-19-5-2-15(3-6-19)18-9-25-26-10-18/h2-10H,11-14H2,1H3,(H,25,26)(H,27,28,29). The molecule has 2 N–H and O–H groups in total. The van der Waals surface area contributed by atoms with Crippen LogP contribution in [0, 0.1) is 0 Å².